The minimum absolute atomic E-state index is 0. The van der Waals surface area contributed by atoms with E-state index in [4.69, 9.17) is 0 Å². The lowest BCUT2D eigenvalue weighted by atomic mass is 10.1. The number of halogens is 1. The maximum absolute atomic E-state index is 4.39. The Labute approximate surface area is 166 Å². The van der Waals surface area contributed by atoms with Gasteiger partial charge in [-0.15, -0.1) is 24.0 Å². The summed E-state index contributed by atoms with van der Waals surface area (Å²) in [6.45, 7) is 1.51. The van der Waals surface area contributed by atoms with Crippen LogP contribution in [0.5, 0.6) is 0 Å². The summed E-state index contributed by atoms with van der Waals surface area (Å²) in [5.41, 5.74) is 2.33. The summed E-state index contributed by atoms with van der Waals surface area (Å²) in [6, 6.07) is 0.224. The van der Waals surface area contributed by atoms with Crippen molar-refractivity contribution in [2.24, 2.45) is 19.1 Å². The number of aryl methyl sites for hydroxylation is 2. The molecule has 0 amide bonds. The summed E-state index contributed by atoms with van der Waals surface area (Å²) in [7, 11) is 11.8. The second-order valence-electron chi connectivity index (χ2n) is 6.23. The van der Waals surface area contributed by atoms with Gasteiger partial charge in [0, 0.05) is 64.8 Å². The normalized spacial score (nSPS) is 12.8. The maximum atomic E-state index is 4.39. The Kier molecular flexibility index (Phi) is 8.36. The average molecular weight is 460 g/mol. The van der Waals surface area contributed by atoms with Crippen LogP contribution in [0.1, 0.15) is 17.2 Å². The Morgan fingerprint density at radius 2 is 1.80 bits per heavy atom. The van der Waals surface area contributed by atoms with Gasteiger partial charge in [-0.05, 0) is 14.1 Å². The van der Waals surface area contributed by atoms with Crippen molar-refractivity contribution in [2.75, 3.05) is 34.7 Å². The van der Waals surface area contributed by atoms with Gasteiger partial charge in [-0.3, -0.25) is 14.4 Å². The monoisotopic (exact) mass is 460 g/mol. The van der Waals surface area contributed by atoms with Crippen molar-refractivity contribution in [3.05, 3.63) is 35.9 Å². The number of aromatic nitrogens is 4. The lowest BCUT2D eigenvalue weighted by molar-refractivity contribution is 0.295. The molecule has 1 unspecified atom stereocenters. The Bertz CT molecular complexity index is 675. The van der Waals surface area contributed by atoms with Crippen molar-refractivity contribution in [1.82, 2.24) is 34.7 Å². The molecule has 25 heavy (non-hydrogen) atoms. The molecule has 0 aliphatic rings. The van der Waals surface area contributed by atoms with Crippen LogP contribution in [0.3, 0.4) is 0 Å². The van der Waals surface area contributed by atoms with Crippen LogP contribution in [0.25, 0.3) is 0 Å². The summed E-state index contributed by atoms with van der Waals surface area (Å²) >= 11 is 0. The third-order valence-electron chi connectivity index (χ3n) is 3.94. The zero-order valence-electron chi connectivity index (χ0n) is 15.8. The molecule has 0 radical (unpaired) electrons. The fourth-order valence-electron chi connectivity index (χ4n) is 2.69. The molecule has 8 nitrogen and oxygen atoms in total. The quantitative estimate of drug-likeness (QED) is 0.397. The number of hydrogen-bond donors (Lipinski definition) is 1. The lowest BCUT2D eigenvalue weighted by Gasteiger charge is -2.27. The van der Waals surface area contributed by atoms with Crippen LogP contribution in [0.2, 0.25) is 0 Å². The van der Waals surface area contributed by atoms with Crippen LogP contribution in [0.15, 0.2) is 29.8 Å². The Hall–Kier alpha value is -1.62. The molecule has 0 aliphatic carbocycles. The number of guanidine groups is 1. The largest absolute Gasteiger partial charge is 0.354 e. The van der Waals surface area contributed by atoms with Crippen molar-refractivity contribution in [2.45, 2.75) is 12.6 Å². The van der Waals surface area contributed by atoms with E-state index in [1.807, 2.05) is 49.1 Å². The van der Waals surface area contributed by atoms with Gasteiger partial charge in [0.25, 0.3) is 0 Å². The molecular weight excluding hydrogens is 431 g/mol. The Morgan fingerprint density at radius 1 is 1.16 bits per heavy atom. The van der Waals surface area contributed by atoms with Gasteiger partial charge in [0.05, 0.1) is 18.4 Å². The van der Waals surface area contributed by atoms with Crippen molar-refractivity contribution in [3.8, 4) is 0 Å². The van der Waals surface area contributed by atoms with Gasteiger partial charge in [0.1, 0.15) is 0 Å². The fraction of sp³-hybridized carbons (Fsp3) is 0.562. The third kappa shape index (κ3) is 5.99. The SMILES string of the molecule is CN=C(NCC(c1cnn(C)c1)N(C)C)N(C)Cc1cnn(C)c1.I. The molecular formula is C16H29IN8. The number of rotatable bonds is 6. The third-order valence-corrected chi connectivity index (χ3v) is 3.94. The van der Waals surface area contributed by atoms with Gasteiger partial charge < -0.3 is 15.1 Å². The Balaban J connectivity index is 0.00000312. The highest BCUT2D eigenvalue weighted by Crippen LogP contribution is 2.16. The highest BCUT2D eigenvalue weighted by molar-refractivity contribution is 14.0. The second-order valence-corrected chi connectivity index (χ2v) is 6.23. The zero-order chi connectivity index (χ0) is 17.7. The van der Waals surface area contributed by atoms with E-state index in [9.17, 15) is 0 Å². The standard InChI is InChI=1S/C16H28N8.HI/c1-17-16(22(4)10-13-7-19-23(5)11-13)18-9-15(21(2)3)14-8-20-24(6)12-14;/h7-8,11-12,15H,9-10H2,1-6H3,(H,17,18);1H. The first-order valence-corrected chi connectivity index (χ1v) is 7.95. The molecule has 2 heterocycles. The van der Waals surface area contributed by atoms with E-state index >= 15 is 0 Å². The fourth-order valence-corrected chi connectivity index (χ4v) is 2.69. The molecule has 0 aromatic carbocycles. The molecule has 0 fully saturated rings. The van der Waals surface area contributed by atoms with Gasteiger partial charge in [-0.1, -0.05) is 0 Å². The predicted octanol–water partition coefficient (Wildman–Crippen LogP) is 1.08. The summed E-state index contributed by atoms with van der Waals surface area (Å²) in [4.78, 5) is 8.66. The van der Waals surface area contributed by atoms with Gasteiger partial charge in [-0.2, -0.15) is 10.2 Å². The summed E-state index contributed by atoms with van der Waals surface area (Å²) < 4.78 is 3.64. The van der Waals surface area contributed by atoms with Crippen molar-refractivity contribution in [1.29, 1.82) is 0 Å². The molecule has 1 atom stereocenters. The molecule has 140 valence electrons. The van der Waals surface area contributed by atoms with Crippen LogP contribution in [0.4, 0.5) is 0 Å². The van der Waals surface area contributed by atoms with Crippen LogP contribution in [-0.2, 0) is 20.6 Å². The molecule has 0 bridgehead atoms. The first-order chi connectivity index (χ1) is 11.4. The van der Waals surface area contributed by atoms with Gasteiger partial charge in [0.2, 0.25) is 0 Å². The smallest absolute Gasteiger partial charge is 0.193 e. The van der Waals surface area contributed by atoms with E-state index < -0.39 is 0 Å². The van der Waals surface area contributed by atoms with Crippen molar-refractivity contribution in [3.63, 3.8) is 0 Å². The molecule has 0 spiro atoms. The van der Waals surface area contributed by atoms with E-state index in [2.05, 4.69) is 50.6 Å². The molecule has 1 N–H and O–H groups in total. The summed E-state index contributed by atoms with van der Waals surface area (Å²) in [6.07, 6.45) is 7.85. The predicted molar refractivity (Wildman–Crippen MR) is 111 cm³/mol. The molecule has 0 saturated heterocycles. The molecule has 0 aliphatic heterocycles. The number of nitrogens with one attached hydrogen (secondary N) is 1. The molecule has 2 rings (SSSR count). The Morgan fingerprint density at radius 3 is 2.28 bits per heavy atom. The van der Waals surface area contributed by atoms with Crippen molar-refractivity contribution < 1.29 is 0 Å². The molecule has 0 saturated carbocycles. The number of nitrogens with zero attached hydrogens (tertiary/aromatic N) is 7. The first kappa shape index (κ1) is 21.4. The average Bonchev–Trinajstić information content (AvgIpc) is 3.12. The highest BCUT2D eigenvalue weighted by atomic mass is 127. The topological polar surface area (TPSA) is 66.5 Å². The van der Waals surface area contributed by atoms with E-state index in [0.29, 0.717) is 0 Å². The minimum Gasteiger partial charge on any atom is -0.354 e. The van der Waals surface area contributed by atoms with Gasteiger partial charge >= 0.3 is 0 Å². The number of hydrogen-bond acceptors (Lipinski definition) is 4. The second kappa shape index (κ2) is 9.76. The summed E-state index contributed by atoms with van der Waals surface area (Å²) in [5, 5.41) is 11.9. The van der Waals surface area contributed by atoms with E-state index in [1.54, 1.807) is 7.05 Å². The number of aliphatic imine (C=N–C) groups is 1. The lowest BCUT2D eigenvalue weighted by Crippen LogP contribution is -2.42. The van der Waals surface area contributed by atoms with Gasteiger partial charge in [-0.25, -0.2) is 0 Å². The molecule has 2 aromatic rings. The van der Waals surface area contributed by atoms with E-state index in [-0.39, 0.29) is 30.0 Å². The molecule has 9 heteroatoms. The zero-order valence-corrected chi connectivity index (χ0v) is 18.2. The van der Waals surface area contributed by atoms with E-state index in [1.165, 1.54) is 5.56 Å². The van der Waals surface area contributed by atoms with Crippen LogP contribution >= 0.6 is 24.0 Å². The first-order valence-electron chi connectivity index (χ1n) is 7.95. The van der Waals surface area contributed by atoms with Crippen LogP contribution in [0, 0.1) is 0 Å². The maximum Gasteiger partial charge on any atom is 0.193 e. The molecule has 2 aromatic heterocycles. The van der Waals surface area contributed by atoms with Crippen LogP contribution < -0.4 is 5.32 Å². The van der Waals surface area contributed by atoms with Gasteiger partial charge in [0.15, 0.2) is 5.96 Å². The minimum atomic E-state index is 0. The van der Waals surface area contributed by atoms with Crippen LogP contribution in [-0.4, -0.2) is 70.1 Å². The number of likely N-dealkylation sites (N-methyl/N-ethyl adjacent to an activating group) is 1. The summed E-state index contributed by atoms with van der Waals surface area (Å²) in [5.74, 6) is 0.856. The van der Waals surface area contributed by atoms with E-state index in [0.717, 1.165) is 24.6 Å². The van der Waals surface area contributed by atoms with Crippen molar-refractivity contribution >= 4 is 29.9 Å². The highest BCUT2D eigenvalue weighted by Gasteiger charge is 2.17.